The van der Waals surface area contributed by atoms with Gasteiger partial charge in [-0.15, -0.1) is 11.3 Å². The lowest BCUT2D eigenvalue weighted by Gasteiger charge is -2.22. The maximum Gasteiger partial charge on any atom is 0.270 e. The molecule has 0 radical (unpaired) electrons. The second kappa shape index (κ2) is 9.91. The zero-order valence-corrected chi connectivity index (χ0v) is 18.6. The third-order valence-electron chi connectivity index (χ3n) is 4.46. The van der Waals surface area contributed by atoms with E-state index in [0.29, 0.717) is 28.7 Å². The molecular weight excluding hydrogens is 461 g/mol. The lowest BCUT2D eigenvalue weighted by Crippen LogP contribution is -2.31. The summed E-state index contributed by atoms with van der Waals surface area (Å²) in [5, 5.41) is 13.5. The van der Waals surface area contributed by atoms with Crippen molar-refractivity contribution in [3.63, 3.8) is 0 Å². The summed E-state index contributed by atoms with van der Waals surface area (Å²) in [4.78, 5) is 38.7. The highest BCUT2D eigenvalue weighted by molar-refractivity contribution is 7.16. The Morgan fingerprint density at radius 3 is 2.45 bits per heavy atom. The molecule has 0 spiro atoms. The van der Waals surface area contributed by atoms with Crippen molar-refractivity contribution in [2.75, 3.05) is 11.9 Å². The molecule has 7 nitrogen and oxygen atoms in total. The molecule has 0 saturated carbocycles. The van der Waals surface area contributed by atoms with Crippen LogP contribution >= 0.6 is 34.5 Å². The molecule has 2 amide bonds. The van der Waals surface area contributed by atoms with E-state index in [-0.39, 0.29) is 22.2 Å². The number of hydrogen-bond acceptors (Lipinski definition) is 5. The lowest BCUT2D eigenvalue weighted by atomic mass is 10.1. The summed E-state index contributed by atoms with van der Waals surface area (Å²) in [5.74, 6) is -0.828. The van der Waals surface area contributed by atoms with Crippen LogP contribution in [0.4, 0.5) is 11.4 Å². The van der Waals surface area contributed by atoms with Crippen LogP contribution in [0.5, 0.6) is 0 Å². The molecule has 160 valence electrons. The van der Waals surface area contributed by atoms with E-state index in [9.17, 15) is 19.7 Å². The van der Waals surface area contributed by atoms with Crippen molar-refractivity contribution in [1.82, 2.24) is 4.90 Å². The molecular formula is C21H17Cl2N3O4S. The monoisotopic (exact) mass is 477 g/mol. The number of carbonyl (C=O) groups is 2. The molecule has 0 saturated heterocycles. The predicted molar refractivity (Wildman–Crippen MR) is 122 cm³/mol. The van der Waals surface area contributed by atoms with Crippen molar-refractivity contribution in [3.8, 4) is 0 Å². The van der Waals surface area contributed by atoms with Gasteiger partial charge in [0.15, 0.2) is 0 Å². The van der Waals surface area contributed by atoms with Gasteiger partial charge in [0.25, 0.3) is 17.5 Å². The Morgan fingerprint density at radius 2 is 1.84 bits per heavy atom. The predicted octanol–water partition coefficient (Wildman–Crippen LogP) is 5.88. The van der Waals surface area contributed by atoms with Gasteiger partial charge in [-0.25, -0.2) is 0 Å². The second-order valence-electron chi connectivity index (χ2n) is 6.45. The number of nitrogens with zero attached hydrogens (tertiary/aromatic N) is 2. The number of anilines is 1. The van der Waals surface area contributed by atoms with Gasteiger partial charge in [0.05, 0.1) is 37.6 Å². The van der Waals surface area contributed by atoms with E-state index >= 15 is 0 Å². The highest BCUT2D eigenvalue weighted by atomic mass is 35.5. The molecule has 0 bridgehead atoms. The first-order valence-corrected chi connectivity index (χ1v) is 10.7. The molecule has 10 heteroatoms. The van der Waals surface area contributed by atoms with Crippen LogP contribution in [0, 0.1) is 10.1 Å². The van der Waals surface area contributed by atoms with Crippen LogP contribution < -0.4 is 5.32 Å². The Labute approximate surface area is 192 Å². The average Bonchev–Trinajstić information content (AvgIpc) is 3.16. The number of halogens is 2. The Kier molecular flexibility index (Phi) is 7.27. The van der Waals surface area contributed by atoms with Gasteiger partial charge in [-0.2, -0.15) is 0 Å². The van der Waals surface area contributed by atoms with Crippen LogP contribution in [0.1, 0.15) is 32.5 Å². The number of carbonyl (C=O) groups excluding carboxylic acids is 2. The molecule has 1 aromatic heterocycles. The highest BCUT2D eigenvalue weighted by Crippen LogP contribution is 2.26. The fourth-order valence-electron chi connectivity index (χ4n) is 2.89. The number of nitrogens with one attached hydrogen (secondary N) is 1. The molecule has 31 heavy (non-hydrogen) atoms. The van der Waals surface area contributed by atoms with Gasteiger partial charge >= 0.3 is 0 Å². The van der Waals surface area contributed by atoms with Crippen LogP contribution in [0.15, 0.2) is 54.6 Å². The third-order valence-corrected chi connectivity index (χ3v) is 5.99. The quantitative estimate of drug-likeness (QED) is 0.339. The molecule has 0 atom stereocenters. The van der Waals surface area contributed by atoms with E-state index in [2.05, 4.69) is 5.32 Å². The summed E-state index contributed by atoms with van der Waals surface area (Å²) in [7, 11) is 0. The molecule has 0 aliphatic rings. The summed E-state index contributed by atoms with van der Waals surface area (Å²) in [6.45, 7) is 2.72. The van der Waals surface area contributed by atoms with Gasteiger partial charge in [-0.1, -0.05) is 35.3 Å². The second-order valence-corrected chi connectivity index (χ2v) is 8.65. The first-order chi connectivity index (χ1) is 14.8. The topological polar surface area (TPSA) is 92.6 Å². The Morgan fingerprint density at radius 1 is 1.10 bits per heavy atom. The number of nitro groups is 1. The van der Waals surface area contributed by atoms with Crippen LogP contribution in [0.3, 0.4) is 0 Å². The lowest BCUT2D eigenvalue weighted by molar-refractivity contribution is -0.384. The molecule has 0 unspecified atom stereocenters. The smallest absolute Gasteiger partial charge is 0.270 e. The van der Waals surface area contributed by atoms with E-state index < -0.39 is 10.8 Å². The molecule has 0 fully saturated rings. The largest absolute Gasteiger partial charge is 0.334 e. The summed E-state index contributed by atoms with van der Waals surface area (Å²) >= 11 is 13.4. The van der Waals surface area contributed by atoms with E-state index in [1.54, 1.807) is 35.2 Å². The van der Waals surface area contributed by atoms with E-state index in [4.69, 9.17) is 23.2 Å². The minimum atomic E-state index is -0.596. The average molecular weight is 478 g/mol. The number of nitro benzene ring substituents is 1. The van der Waals surface area contributed by atoms with Crippen molar-refractivity contribution in [2.24, 2.45) is 0 Å². The molecule has 3 aromatic rings. The SMILES string of the molecule is CCN(Cc1ccc(Cl)s1)C(=O)c1ccccc1NC(=O)c1ccc([N+](=O)[O-])cc1Cl. The van der Waals surface area contributed by atoms with Gasteiger partial charge in [0, 0.05) is 23.6 Å². The Hall–Kier alpha value is -2.94. The van der Waals surface area contributed by atoms with Crippen molar-refractivity contribution < 1.29 is 14.5 Å². The van der Waals surface area contributed by atoms with Crippen molar-refractivity contribution in [1.29, 1.82) is 0 Å². The van der Waals surface area contributed by atoms with E-state index in [0.717, 1.165) is 10.9 Å². The minimum Gasteiger partial charge on any atom is -0.334 e. The van der Waals surface area contributed by atoms with Gasteiger partial charge in [-0.05, 0) is 37.3 Å². The van der Waals surface area contributed by atoms with Crippen LogP contribution in [0.25, 0.3) is 0 Å². The number of rotatable bonds is 7. The van der Waals surface area contributed by atoms with Crippen LogP contribution in [-0.4, -0.2) is 28.2 Å². The zero-order valence-electron chi connectivity index (χ0n) is 16.3. The molecule has 1 heterocycles. The van der Waals surface area contributed by atoms with Gasteiger partial charge in [0.2, 0.25) is 0 Å². The third kappa shape index (κ3) is 5.41. The molecule has 3 rings (SSSR count). The van der Waals surface area contributed by atoms with E-state index in [1.165, 1.54) is 23.5 Å². The first-order valence-electron chi connectivity index (χ1n) is 9.18. The van der Waals surface area contributed by atoms with Crippen LogP contribution in [-0.2, 0) is 6.54 Å². The van der Waals surface area contributed by atoms with Crippen LogP contribution in [0.2, 0.25) is 9.36 Å². The maximum absolute atomic E-state index is 13.2. The Bertz CT molecular complexity index is 1150. The van der Waals surface area contributed by atoms with E-state index in [1.807, 2.05) is 13.0 Å². The highest BCUT2D eigenvalue weighted by Gasteiger charge is 2.21. The number of hydrogen-bond donors (Lipinski definition) is 1. The van der Waals surface area contributed by atoms with Crippen molar-refractivity contribution in [2.45, 2.75) is 13.5 Å². The fraction of sp³-hybridized carbons (Fsp3) is 0.143. The van der Waals surface area contributed by atoms with Gasteiger partial charge in [-0.3, -0.25) is 19.7 Å². The molecule has 2 aromatic carbocycles. The number of benzene rings is 2. The zero-order chi connectivity index (χ0) is 22.5. The normalized spacial score (nSPS) is 10.5. The molecule has 0 aliphatic heterocycles. The van der Waals surface area contributed by atoms with Crippen molar-refractivity contribution >= 4 is 57.7 Å². The fourth-order valence-corrected chi connectivity index (χ4v) is 4.26. The van der Waals surface area contributed by atoms with Gasteiger partial charge in [0.1, 0.15) is 0 Å². The number of non-ortho nitro benzene ring substituents is 1. The number of thiophene rings is 1. The standard InChI is InChI=1S/C21H17Cl2N3O4S/c1-2-25(12-14-8-10-19(23)31-14)21(28)16-5-3-4-6-18(16)24-20(27)15-9-7-13(26(29)30)11-17(15)22/h3-11H,2,12H2,1H3,(H,24,27). The summed E-state index contributed by atoms with van der Waals surface area (Å²) in [6.07, 6.45) is 0. The first kappa shape index (κ1) is 22.7. The summed E-state index contributed by atoms with van der Waals surface area (Å²) in [5.41, 5.74) is 0.479. The number of para-hydroxylation sites is 1. The van der Waals surface area contributed by atoms with Gasteiger partial charge < -0.3 is 10.2 Å². The number of amides is 2. The maximum atomic E-state index is 13.2. The molecule has 1 N–H and O–H groups in total. The molecule has 0 aliphatic carbocycles. The summed E-state index contributed by atoms with van der Waals surface area (Å²) < 4.78 is 0.645. The Balaban J connectivity index is 1.83. The van der Waals surface area contributed by atoms with Crippen molar-refractivity contribution in [3.05, 3.63) is 90.1 Å². The minimum absolute atomic E-state index is 0.0553. The summed E-state index contributed by atoms with van der Waals surface area (Å²) in [6, 6.07) is 13.9.